The van der Waals surface area contributed by atoms with E-state index in [1.807, 2.05) is 37.3 Å². The third-order valence-corrected chi connectivity index (χ3v) is 5.55. The second-order valence-corrected chi connectivity index (χ2v) is 7.94. The first kappa shape index (κ1) is 21.3. The van der Waals surface area contributed by atoms with Crippen molar-refractivity contribution in [1.82, 2.24) is 0 Å². The summed E-state index contributed by atoms with van der Waals surface area (Å²) in [5.41, 5.74) is 2.24. The molecule has 1 heterocycles. The molecular formula is C23H17ClN2O3S. The van der Waals surface area contributed by atoms with Gasteiger partial charge in [-0.25, -0.2) is 4.79 Å². The smallest absolute Gasteiger partial charge is 0.341 e. The number of aryl methyl sites for hydroxylation is 1. The Morgan fingerprint density at radius 2 is 1.90 bits per heavy atom. The predicted octanol–water partition coefficient (Wildman–Crippen LogP) is 5.71. The van der Waals surface area contributed by atoms with Crippen LogP contribution in [-0.4, -0.2) is 19.0 Å². The molecule has 0 unspecified atom stereocenters. The molecule has 2 aromatic carbocycles. The fourth-order valence-electron chi connectivity index (χ4n) is 2.96. The van der Waals surface area contributed by atoms with Crippen LogP contribution >= 0.6 is 22.9 Å². The molecule has 0 aliphatic heterocycles. The van der Waals surface area contributed by atoms with Crippen molar-refractivity contribution in [3.8, 4) is 17.2 Å². The van der Waals surface area contributed by atoms with Gasteiger partial charge in [0.2, 0.25) is 0 Å². The lowest BCUT2D eigenvalue weighted by Gasteiger charge is -2.08. The van der Waals surface area contributed by atoms with Gasteiger partial charge in [0, 0.05) is 15.5 Å². The summed E-state index contributed by atoms with van der Waals surface area (Å²) < 4.78 is 4.95. The molecule has 7 heteroatoms. The Bertz CT molecular complexity index is 1180. The van der Waals surface area contributed by atoms with Crippen LogP contribution in [0.15, 0.2) is 60.2 Å². The predicted molar refractivity (Wildman–Crippen MR) is 120 cm³/mol. The van der Waals surface area contributed by atoms with Crippen molar-refractivity contribution in [3.05, 3.63) is 81.2 Å². The van der Waals surface area contributed by atoms with Crippen molar-refractivity contribution in [1.29, 1.82) is 5.26 Å². The van der Waals surface area contributed by atoms with Crippen molar-refractivity contribution in [2.45, 2.75) is 6.92 Å². The van der Waals surface area contributed by atoms with E-state index < -0.39 is 11.9 Å². The number of nitrogens with zero attached hydrogens (tertiary/aromatic N) is 1. The number of anilines is 1. The largest absolute Gasteiger partial charge is 0.465 e. The molecule has 0 radical (unpaired) electrons. The van der Waals surface area contributed by atoms with Crippen LogP contribution in [0.25, 0.3) is 17.2 Å². The first-order valence-electron chi connectivity index (χ1n) is 8.90. The van der Waals surface area contributed by atoms with E-state index >= 15 is 0 Å². The van der Waals surface area contributed by atoms with Crippen LogP contribution < -0.4 is 5.32 Å². The topological polar surface area (TPSA) is 79.2 Å². The van der Waals surface area contributed by atoms with Gasteiger partial charge in [-0.2, -0.15) is 5.26 Å². The highest BCUT2D eigenvalue weighted by Gasteiger charge is 2.26. The highest BCUT2D eigenvalue weighted by Crippen LogP contribution is 2.41. The molecule has 1 aromatic heterocycles. The molecule has 3 aromatic rings. The number of methoxy groups -OCH3 is 1. The van der Waals surface area contributed by atoms with E-state index in [4.69, 9.17) is 16.3 Å². The molecule has 0 aliphatic rings. The van der Waals surface area contributed by atoms with Gasteiger partial charge in [0.1, 0.15) is 22.2 Å². The Kier molecular flexibility index (Phi) is 6.68. The van der Waals surface area contributed by atoms with Crippen molar-refractivity contribution in [2.24, 2.45) is 0 Å². The highest BCUT2D eigenvalue weighted by atomic mass is 35.5. The SMILES string of the molecule is COC(=O)c1c(NC(=O)/C(C#N)=C/c2ccccc2)sc(C)c1-c1cccc(Cl)c1. The number of benzene rings is 2. The van der Waals surface area contributed by atoms with E-state index in [0.29, 0.717) is 15.6 Å². The summed E-state index contributed by atoms with van der Waals surface area (Å²) in [7, 11) is 1.28. The van der Waals surface area contributed by atoms with E-state index in [9.17, 15) is 14.9 Å². The maximum Gasteiger partial charge on any atom is 0.341 e. The van der Waals surface area contributed by atoms with E-state index in [2.05, 4.69) is 5.32 Å². The fraction of sp³-hybridized carbons (Fsp3) is 0.0870. The van der Waals surface area contributed by atoms with Gasteiger partial charge in [-0.3, -0.25) is 4.79 Å². The Balaban J connectivity index is 2.03. The normalized spacial score (nSPS) is 10.9. The molecule has 3 rings (SSSR count). The molecule has 150 valence electrons. The highest BCUT2D eigenvalue weighted by molar-refractivity contribution is 7.17. The molecule has 0 aliphatic carbocycles. The zero-order valence-electron chi connectivity index (χ0n) is 16.2. The van der Waals surface area contributed by atoms with Gasteiger partial charge in [0.15, 0.2) is 0 Å². The Morgan fingerprint density at radius 1 is 1.17 bits per heavy atom. The number of rotatable bonds is 5. The van der Waals surface area contributed by atoms with Gasteiger partial charge >= 0.3 is 5.97 Å². The number of carbonyl (C=O) groups is 2. The number of thiophene rings is 1. The number of ether oxygens (including phenoxy) is 1. The minimum atomic E-state index is -0.606. The number of carbonyl (C=O) groups excluding carboxylic acids is 2. The molecule has 1 amide bonds. The summed E-state index contributed by atoms with van der Waals surface area (Å²) in [4.78, 5) is 26.1. The molecule has 0 saturated heterocycles. The summed E-state index contributed by atoms with van der Waals surface area (Å²) in [5, 5.41) is 13.0. The number of amides is 1. The van der Waals surface area contributed by atoms with Gasteiger partial charge in [0.25, 0.3) is 5.91 Å². The summed E-state index contributed by atoms with van der Waals surface area (Å²) in [6.45, 7) is 1.84. The zero-order valence-corrected chi connectivity index (χ0v) is 17.8. The van der Waals surface area contributed by atoms with Gasteiger partial charge in [-0.15, -0.1) is 11.3 Å². The van der Waals surface area contributed by atoms with Gasteiger partial charge in [0.05, 0.1) is 7.11 Å². The van der Waals surface area contributed by atoms with Crippen LogP contribution in [-0.2, 0) is 9.53 Å². The number of halogens is 1. The maximum absolute atomic E-state index is 12.8. The molecule has 0 fully saturated rings. The lowest BCUT2D eigenvalue weighted by molar-refractivity contribution is -0.112. The summed E-state index contributed by atoms with van der Waals surface area (Å²) >= 11 is 7.35. The van der Waals surface area contributed by atoms with Crippen LogP contribution in [0, 0.1) is 18.3 Å². The van der Waals surface area contributed by atoms with Gasteiger partial charge in [-0.1, -0.05) is 54.1 Å². The number of nitriles is 1. The maximum atomic E-state index is 12.8. The standard InChI is InChI=1S/C23H17ClN2O3S/c1-14-19(16-9-6-10-18(24)12-16)20(23(28)29-2)22(30-14)26-21(27)17(13-25)11-15-7-4-3-5-8-15/h3-12H,1-2H3,(H,26,27)/b17-11+. The number of nitrogens with one attached hydrogen (secondary N) is 1. The first-order chi connectivity index (χ1) is 14.4. The van der Waals surface area contributed by atoms with Crippen LogP contribution in [0.4, 0.5) is 5.00 Å². The first-order valence-corrected chi connectivity index (χ1v) is 10.1. The Morgan fingerprint density at radius 3 is 2.53 bits per heavy atom. The molecule has 5 nitrogen and oxygen atoms in total. The molecule has 0 spiro atoms. The lowest BCUT2D eigenvalue weighted by Crippen LogP contribution is -2.15. The summed E-state index contributed by atoms with van der Waals surface area (Å²) in [6, 6.07) is 18.1. The van der Waals surface area contributed by atoms with Crippen LogP contribution in [0.1, 0.15) is 20.8 Å². The minimum absolute atomic E-state index is 0.0765. The second-order valence-electron chi connectivity index (χ2n) is 6.27. The lowest BCUT2D eigenvalue weighted by atomic mass is 10.0. The number of hydrogen-bond acceptors (Lipinski definition) is 5. The monoisotopic (exact) mass is 436 g/mol. The molecule has 1 N–H and O–H groups in total. The van der Waals surface area contributed by atoms with E-state index in [0.717, 1.165) is 16.0 Å². The van der Waals surface area contributed by atoms with Crippen molar-refractivity contribution in [2.75, 3.05) is 12.4 Å². The Labute approximate surface area is 183 Å². The van der Waals surface area contributed by atoms with Gasteiger partial charge in [-0.05, 0) is 36.3 Å². The number of hydrogen-bond donors (Lipinski definition) is 1. The number of esters is 1. The van der Waals surface area contributed by atoms with Crippen molar-refractivity contribution in [3.63, 3.8) is 0 Å². The van der Waals surface area contributed by atoms with E-state index in [1.165, 1.54) is 24.5 Å². The van der Waals surface area contributed by atoms with Crippen LogP contribution in [0.5, 0.6) is 0 Å². The Hall–Kier alpha value is -3.40. The van der Waals surface area contributed by atoms with Crippen LogP contribution in [0.2, 0.25) is 5.02 Å². The zero-order chi connectivity index (χ0) is 21.7. The van der Waals surface area contributed by atoms with E-state index in [1.54, 1.807) is 30.3 Å². The third-order valence-electron chi connectivity index (χ3n) is 4.29. The van der Waals surface area contributed by atoms with E-state index in [-0.39, 0.29) is 11.1 Å². The average Bonchev–Trinajstić information content (AvgIpc) is 3.07. The molecule has 0 atom stereocenters. The van der Waals surface area contributed by atoms with Crippen molar-refractivity contribution >= 4 is 45.9 Å². The summed E-state index contributed by atoms with van der Waals surface area (Å²) in [6.07, 6.45) is 1.49. The average molecular weight is 437 g/mol. The fourth-order valence-corrected chi connectivity index (χ4v) is 4.21. The molecule has 0 saturated carbocycles. The quantitative estimate of drug-likeness (QED) is 0.315. The minimum Gasteiger partial charge on any atom is -0.465 e. The summed E-state index contributed by atoms with van der Waals surface area (Å²) in [5.74, 6) is -1.19. The molecule has 30 heavy (non-hydrogen) atoms. The van der Waals surface area contributed by atoms with Gasteiger partial charge < -0.3 is 10.1 Å². The molecular weight excluding hydrogens is 420 g/mol. The van der Waals surface area contributed by atoms with Crippen LogP contribution in [0.3, 0.4) is 0 Å². The molecule has 0 bridgehead atoms. The third kappa shape index (κ3) is 4.60. The van der Waals surface area contributed by atoms with Crippen molar-refractivity contribution < 1.29 is 14.3 Å². The second kappa shape index (κ2) is 9.40.